The summed E-state index contributed by atoms with van der Waals surface area (Å²) in [5.74, 6) is 2.85. The van der Waals surface area contributed by atoms with Crippen LogP contribution >= 0.6 is 0 Å². The molecule has 1 atom stereocenters. The summed E-state index contributed by atoms with van der Waals surface area (Å²) >= 11 is 0. The van der Waals surface area contributed by atoms with Gasteiger partial charge in [-0.1, -0.05) is 23.4 Å². The molecule has 23 heavy (non-hydrogen) atoms. The zero-order valence-corrected chi connectivity index (χ0v) is 13.6. The third kappa shape index (κ3) is 2.77. The number of aromatic nitrogens is 2. The molecule has 3 aromatic rings. The second-order valence-electron chi connectivity index (χ2n) is 6.39. The van der Waals surface area contributed by atoms with Crippen molar-refractivity contribution in [3.05, 3.63) is 47.3 Å². The molecule has 1 fully saturated rings. The van der Waals surface area contributed by atoms with Crippen LogP contribution in [0.25, 0.3) is 11.0 Å². The lowest BCUT2D eigenvalue weighted by Crippen LogP contribution is -2.34. The number of para-hydroxylation sites is 1. The molecule has 1 saturated heterocycles. The smallest absolute Gasteiger partial charge is 0.231 e. The van der Waals surface area contributed by atoms with Gasteiger partial charge in [-0.25, -0.2) is 0 Å². The Morgan fingerprint density at radius 1 is 1.26 bits per heavy atom. The average Bonchev–Trinajstić information content (AvgIpc) is 3.12. The molecular weight excluding hydrogens is 290 g/mol. The Morgan fingerprint density at radius 3 is 2.96 bits per heavy atom. The monoisotopic (exact) mass is 311 g/mol. The van der Waals surface area contributed by atoms with Gasteiger partial charge in [0.1, 0.15) is 11.3 Å². The molecule has 0 radical (unpaired) electrons. The summed E-state index contributed by atoms with van der Waals surface area (Å²) in [6.45, 7) is 6.89. The lowest BCUT2D eigenvalue weighted by Gasteiger charge is -2.30. The number of aryl methyl sites for hydroxylation is 2. The number of likely N-dealkylation sites (tertiary alicyclic amines) is 1. The van der Waals surface area contributed by atoms with Crippen LogP contribution in [0, 0.1) is 13.8 Å². The topological polar surface area (TPSA) is 55.3 Å². The Morgan fingerprint density at radius 2 is 2.13 bits per heavy atom. The molecule has 0 spiro atoms. The van der Waals surface area contributed by atoms with Gasteiger partial charge in [0.2, 0.25) is 5.89 Å². The number of benzene rings is 1. The van der Waals surface area contributed by atoms with Gasteiger partial charge in [0, 0.05) is 24.0 Å². The molecule has 5 nitrogen and oxygen atoms in total. The third-order valence-corrected chi connectivity index (χ3v) is 4.68. The molecular formula is C18H21N3O2. The van der Waals surface area contributed by atoms with E-state index < -0.39 is 0 Å². The van der Waals surface area contributed by atoms with Crippen LogP contribution in [0.15, 0.2) is 33.2 Å². The van der Waals surface area contributed by atoms with Crippen molar-refractivity contribution in [1.82, 2.24) is 15.0 Å². The van der Waals surface area contributed by atoms with Crippen LogP contribution in [-0.2, 0) is 6.54 Å². The van der Waals surface area contributed by atoms with Crippen LogP contribution < -0.4 is 0 Å². The summed E-state index contributed by atoms with van der Waals surface area (Å²) in [7, 11) is 0. The molecule has 3 heterocycles. The predicted octanol–water partition coefficient (Wildman–Crippen LogP) is 3.81. The van der Waals surface area contributed by atoms with Crippen molar-refractivity contribution in [2.45, 2.75) is 39.2 Å². The van der Waals surface area contributed by atoms with E-state index in [0.717, 1.165) is 49.7 Å². The number of rotatable bonds is 3. The highest BCUT2D eigenvalue weighted by Gasteiger charge is 2.26. The van der Waals surface area contributed by atoms with Gasteiger partial charge in [-0.3, -0.25) is 4.90 Å². The molecule has 0 aliphatic carbocycles. The summed E-state index contributed by atoms with van der Waals surface area (Å²) in [4.78, 5) is 6.88. The molecule has 1 aliphatic rings. The van der Waals surface area contributed by atoms with E-state index in [1.165, 1.54) is 10.9 Å². The SMILES string of the molecule is Cc1noc(C2CCCN(Cc3c(C)oc4ccccc34)C2)n1. The number of fused-ring (bicyclic) bond motifs is 1. The van der Waals surface area contributed by atoms with Crippen LogP contribution in [0.2, 0.25) is 0 Å². The Hall–Kier alpha value is -2.14. The molecule has 0 amide bonds. The molecule has 0 N–H and O–H groups in total. The van der Waals surface area contributed by atoms with Crippen molar-refractivity contribution in [1.29, 1.82) is 0 Å². The van der Waals surface area contributed by atoms with E-state index in [4.69, 9.17) is 8.94 Å². The summed E-state index contributed by atoms with van der Waals surface area (Å²) in [6, 6.07) is 8.26. The van der Waals surface area contributed by atoms with Gasteiger partial charge in [0.15, 0.2) is 5.82 Å². The van der Waals surface area contributed by atoms with E-state index in [-0.39, 0.29) is 0 Å². The first-order valence-electron chi connectivity index (χ1n) is 8.20. The summed E-state index contributed by atoms with van der Waals surface area (Å²) < 4.78 is 11.3. The lowest BCUT2D eigenvalue weighted by molar-refractivity contribution is 0.180. The molecule has 5 heteroatoms. The van der Waals surface area contributed by atoms with E-state index >= 15 is 0 Å². The first kappa shape index (κ1) is 14.5. The Kier molecular flexibility index (Phi) is 3.65. The highest BCUT2D eigenvalue weighted by Crippen LogP contribution is 2.30. The lowest BCUT2D eigenvalue weighted by atomic mass is 9.97. The van der Waals surface area contributed by atoms with Crippen molar-refractivity contribution in [2.75, 3.05) is 13.1 Å². The highest BCUT2D eigenvalue weighted by atomic mass is 16.5. The highest BCUT2D eigenvalue weighted by molar-refractivity contribution is 5.82. The molecule has 1 aliphatic heterocycles. The largest absolute Gasteiger partial charge is 0.461 e. The van der Waals surface area contributed by atoms with Gasteiger partial charge in [0.25, 0.3) is 0 Å². The average molecular weight is 311 g/mol. The molecule has 120 valence electrons. The maximum Gasteiger partial charge on any atom is 0.231 e. The van der Waals surface area contributed by atoms with Crippen molar-refractivity contribution < 1.29 is 8.94 Å². The zero-order chi connectivity index (χ0) is 15.8. The maximum absolute atomic E-state index is 5.89. The minimum Gasteiger partial charge on any atom is -0.461 e. The quantitative estimate of drug-likeness (QED) is 0.736. The second-order valence-corrected chi connectivity index (χ2v) is 6.39. The van der Waals surface area contributed by atoms with E-state index in [0.29, 0.717) is 11.7 Å². The Balaban J connectivity index is 1.55. The molecule has 1 aromatic carbocycles. The minimum absolute atomic E-state index is 0.337. The number of piperidine rings is 1. The number of furan rings is 1. The maximum atomic E-state index is 5.89. The van der Waals surface area contributed by atoms with Gasteiger partial charge in [0.05, 0.1) is 5.92 Å². The van der Waals surface area contributed by atoms with Crippen LogP contribution in [0.1, 0.15) is 41.8 Å². The second kappa shape index (κ2) is 5.81. The van der Waals surface area contributed by atoms with Crippen molar-refractivity contribution in [3.8, 4) is 0 Å². The fraction of sp³-hybridized carbons (Fsp3) is 0.444. The normalized spacial score (nSPS) is 19.5. The van der Waals surface area contributed by atoms with Crippen molar-refractivity contribution in [2.24, 2.45) is 0 Å². The van der Waals surface area contributed by atoms with Crippen molar-refractivity contribution in [3.63, 3.8) is 0 Å². The molecule has 0 bridgehead atoms. The van der Waals surface area contributed by atoms with Crippen LogP contribution in [0.5, 0.6) is 0 Å². The van der Waals surface area contributed by atoms with Crippen LogP contribution in [0.3, 0.4) is 0 Å². The van der Waals surface area contributed by atoms with Crippen LogP contribution in [0.4, 0.5) is 0 Å². The first-order valence-corrected chi connectivity index (χ1v) is 8.20. The van der Waals surface area contributed by atoms with E-state index in [2.05, 4.69) is 34.1 Å². The fourth-order valence-electron chi connectivity index (χ4n) is 3.52. The fourth-order valence-corrected chi connectivity index (χ4v) is 3.52. The Labute approximate surface area is 135 Å². The van der Waals surface area contributed by atoms with E-state index in [9.17, 15) is 0 Å². The predicted molar refractivity (Wildman–Crippen MR) is 87.2 cm³/mol. The standard InChI is InChI=1S/C18H21N3O2/c1-12-16(15-7-3-4-8-17(15)22-12)11-21-9-5-6-14(10-21)18-19-13(2)20-23-18/h3-4,7-8,14H,5-6,9-11H2,1-2H3. The summed E-state index contributed by atoms with van der Waals surface area (Å²) in [5, 5.41) is 5.15. The third-order valence-electron chi connectivity index (χ3n) is 4.68. The van der Waals surface area contributed by atoms with E-state index in [1.54, 1.807) is 0 Å². The molecule has 2 aromatic heterocycles. The Bertz CT molecular complexity index is 821. The molecule has 4 rings (SSSR count). The van der Waals surface area contributed by atoms with E-state index in [1.807, 2.05) is 19.1 Å². The van der Waals surface area contributed by atoms with Gasteiger partial charge in [-0.2, -0.15) is 4.98 Å². The minimum atomic E-state index is 0.337. The van der Waals surface area contributed by atoms with Gasteiger partial charge in [-0.15, -0.1) is 0 Å². The first-order chi connectivity index (χ1) is 11.2. The van der Waals surface area contributed by atoms with Crippen LogP contribution in [-0.4, -0.2) is 28.1 Å². The zero-order valence-electron chi connectivity index (χ0n) is 13.6. The van der Waals surface area contributed by atoms with Gasteiger partial charge in [-0.05, 0) is 39.3 Å². The summed E-state index contributed by atoms with van der Waals surface area (Å²) in [5.41, 5.74) is 2.27. The summed E-state index contributed by atoms with van der Waals surface area (Å²) in [6.07, 6.45) is 2.27. The van der Waals surface area contributed by atoms with Gasteiger partial charge >= 0.3 is 0 Å². The molecule has 0 saturated carbocycles. The number of nitrogens with zero attached hydrogens (tertiary/aromatic N) is 3. The van der Waals surface area contributed by atoms with Crippen molar-refractivity contribution >= 4 is 11.0 Å². The molecule has 1 unspecified atom stereocenters. The number of hydrogen-bond acceptors (Lipinski definition) is 5. The number of hydrogen-bond donors (Lipinski definition) is 0. The van der Waals surface area contributed by atoms with Gasteiger partial charge < -0.3 is 8.94 Å².